The lowest BCUT2D eigenvalue weighted by Crippen LogP contribution is -2.38. The number of anilines is 1. The number of carbonyl (C=O) groups is 2. The summed E-state index contributed by atoms with van der Waals surface area (Å²) in [5.41, 5.74) is 3.22. The lowest BCUT2D eigenvalue weighted by molar-refractivity contribution is -0.268. The number of hydrogen-bond donors (Lipinski definition) is 2. The molecule has 1 heterocycles. The molecule has 0 aliphatic carbocycles. The Hall–Kier alpha value is -3.37. The molecular formula is C31H35NO7S. The van der Waals surface area contributed by atoms with E-state index in [2.05, 4.69) is 12.2 Å². The van der Waals surface area contributed by atoms with Gasteiger partial charge in [0.2, 0.25) is 0 Å². The van der Waals surface area contributed by atoms with Crippen molar-refractivity contribution in [2.75, 3.05) is 18.2 Å². The molecule has 1 aliphatic heterocycles. The second-order valence-electron chi connectivity index (χ2n) is 9.65. The van der Waals surface area contributed by atoms with E-state index in [0.717, 1.165) is 27.3 Å². The molecule has 0 spiro atoms. The number of hydrogen-bond acceptors (Lipinski definition) is 8. The lowest BCUT2D eigenvalue weighted by atomic mass is 9.91. The summed E-state index contributed by atoms with van der Waals surface area (Å²) in [6.45, 7) is 4.89. The van der Waals surface area contributed by atoms with E-state index in [9.17, 15) is 14.7 Å². The molecule has 9 heteroatoms. The summed E-state index contributed by atoms with van der Waals surface area (Å²) in [5.74, 6) is 0.620. The fraction of sp³-hybridized carbons (Fsp3) is 0.355. The second kappa shape index (κ2) is 13.8. The first-order valence-electron chi connectivity index (χ1n) is 13.1. The molecule has 0 radical (unpaired) electrons. The van der Waals surface area contributed by atoms with Crippen LogP contribution in [0.25, 0.3) is 0 Å². The molecule has 5 atom stereocenters. The Morgan fingerprint density at radius 3 is 2.33 bits per heavy atom. The Balaban J connectivity index is 1.53. The second-order valence-corrected chi connectivity index (χ2v) is 10.7. The number of ether oxygens (including phenoxy) is 4. The molecule has 1 amide bonds. The number of nitrogens with one attached hydrogen (secondary N) is 1. The van der Waals surface area contributed by atoms with Crippen LogP contribution >= 0.6 is 11.8 Å². The molecule has 0 bridgehead atoms. The van der Waals surface area contributed by atoms with Crippen LogP contribution in [0.2, 0.25) is 0 Å². The molecule has 3 aromatic carbocycles. The van der Waals surface area contributed by atoms with Crippen LogP contribution in [0.1, 0.15) is 49.9 Å². The van der Waals surface area contributed by atoms with Gasteiger partial charge in [-0.15, -0.1) is 11.8 Å². The van der Waals surface area contributed by atoms with Gasteiger partial charge in [-0.1, -0.05) is 55.5 Å². The summed E-state index contributed by atoms with van der Waals surface area (Å²) in [6.07, 6.45) is -1.91. The van der Waals surface area contributed by atoms with Crippen molar-refractivity contribution in [3.8, 4) is 5.75 Å². The summed E-state index contributed by atoms with van der Waals surface area (Å²) in [4.78, 5) is 24.5. The van der Waals surface area contributed by atoms with E-state index in [1.807, 2.05) is 60.7 Å². The average molecular weight is 566 g/mol. The predicted molar refractivity (Wildman–Crippen MR) is 153 cm³/mol. The number of esters is 1. The van der Waals surface area contributed by atoms with Gasteiger partial charge in [0, 0.05) is 34.7 Å². The summed E-state index contributed by atoms with van der Waals surface area (Å²) in [6, 6.07) is 22.9. The molecule has 40 heavy (non-hydrogen) atoms. The highest BCUT2D eigenvalue weighted by Gasteiger charge is 2.38. The fourth-order valence-electron chi connectivity index (χ4n) is 4.49. The Bertz CT molecular complexity index is 1280. The number of para-hydroxylation sites is 1. The molecule has 0 aromatic heterocycles. The first-order chi connectivity index (χ1) is 19.3. The number of carbonyl (C=O) groups excluding carboxylic acids is 2. The van der Waals surface area contributed by atoms with E-state index in [1.165, 1.54) is 13.8 Å². The molecule has 8 nitrogen and oxygen atoms in total. The number of aliphatic hydroxyl groups excluding tert-OH is 1. The third-order valence-corrected chi connectivity index (χ3v) is 7.90. The van der Waals surface area contributed by atoms with Crippen molar-refractivity contribution in [3.05, 3.63) is 89.5 Å². The molecule has 3 aromatic rings. The normalized spacial score (nSPS) is 21.3. The number of amides is 1. The summed E-state index contributed by atoms with van der Waals surface area (Å²) in [5, 5.41) is 12.2. The molecule has 1 saturated heterocycles. The van der Waals surface area contributed by atoms with E-state index in [1.54, 1.807) is 31.0 Å². The van der Waals surface area contributed by atoms with Gasteiger partial charge < -0.3 is 29.4 Å². The minimum atomic E-state index is -0.900. The van der Waals surface area contributed by atoms with Gasteiger partial charge in [-0.05, 0) is 42.3 Å². The summed E-state index contributed by atoms with van der Waals surface area (Å²) in [7, 11) is 1.66. The van der Waals surface area contributed by atoms with Crippen LogP contribution in [0, 0.1) is 5.92 Å². The molecule has 4 rings (SSSR count). The number of methoxy groups -OCH3 is 1. The number of thioether (sulfide) groups is 1. The third-order valence-electron chi connectivity index (χ3n) is 6.76. The van der Waals surface area contributed by atoms with Crippen molar-refractivity contribution >= 4 is 29.3 Å². The van der Waals surface area contributed by atoms with Gasteiger partial charge in [0.15, 0.2) is 12.4 Å². The minimum absolute atomic E-state index is 0.0200. The minimum Gasteiger partial charge on any atom is -0.496 e. The van der Waals surface area contributed by atoms with Crippen LogP contribution < -0.4 is 10.1 Å². The monoisotopic (exact) mass is 565 g/mol. The smallest absolute Gasteiger partial charge is 0.303 e. The first kappa shape index (κ1) is 29.6. The Morgan fingerprint density at radius 2 is 1.68 bits per heavy atom. The maximum absolute atomic E-state index is 12.3. The average Bonchev–Trinajstić information content (AvgIpc) is 2.97. The van der Waals surface area contributed by atoms with Crippen LogP contribution in [0.4, 0.5) is 5.69 Å². The lowest BCUT2D eigenvalue weighted by Gasteiger charge is -2.41. The Morgan fingerprint density at radius 1 is 1.00 bits per heavy atom. The highest BCUT2D eigenvalue weighted by atomic mass is 32.2. The van der Waals surface area contributed by atoms with Gasteiger partial charge in [-0.2, -0.15) is 0 Å². The van der Waals surface area contributed by atoms with Gasteiger partial charge in [-0.3, -0.25) is 9.59 Å². The molecule has 212 valence electrons. The van der Waals surface area contributed by atoms with Crippen molar-refractivity contribution < 1.29 is 33.6 Å². The Labute approximate surface area is 239 Å². The van der Waals surface area contributed by atoms with E-state index in [4.69, 9.17) is 18.9 Å². The number of benzene rings is 3. The van der Waals surface area contributed by atoms with Crippen LogP contribution in [0.5, 0.6) is 5.75 Å². The van der Waals surface area contributed by atoms with Crippen LogP contribution in [0.15, 0.2) is 77.7 Å². The maximum atomic E-state index is 12.3. The van der Waals surface area contributed by atoms with Crippen molar-refractivity contribution in [1.29, 1.82) is 0 Å². The van der Waals surface area contributed by atoms with Gasteiger partial charge in [-0.25, -0.2) is 0 Å². The standard InChI is InChI=1S/C31H35NO7S/c1-19-27(18-40-28-8-6-5-7-26(28)36-4)38-31(39-29(19)23-11-9-22(17-33)10-12-23)24-13-15-25(16-14-24)32-30(35)20(2)37-21(3)34/h5-16,19-20,27,29,31,33H,17-18H2,1-4H3,(H,32,35)/t19-,20+,27+,29+,31+/m1/s1. The summed E-state index contributed by atoms with van der Waals surface area (Å²) < 4.78 is 23.5. The van der Waals surface area contributed by atoms with E-state index >= 15 is 0 Å². The van der Waals surface area contributed by atoms with E-state index < -0.39 is 24.3 Å². The first-order valence-corrected chi connectivity index (χ1v) is 14.1. The fourth-order valence-corrected chi connectivity index (χ4v) is 5.68. The van der Waals surface area contributed by atoms with Gasteiger partial charge in [0.25, 0.3) is 5.91 Å². The zero-order valence-corrected chi connectivity index (χ0v) is 23.9. The van der Waals surface area contributed by atoms with Crippen LogP contribution in [0.3, 0.4) is 0 Å². The SMILES string of the molecule is COc1ccccc1SC[C@@H]1O[C@H](c2ccc(NC(=O)[C@H](C)OC(C)=O)cc2)O[C@H](c2ccc(CO)cc2)[C@@H]1C. The highest BCUT2D eigenvalue weighted by Crippen LogP contribution is 2.43. The molecule has 1 aliphatic rings. The topological polar surface area (TPSA) is 103 Å². The highest BCUT2D eigenvalue weighted by molar-refractivity contribution is 7.99. The van der Waals surface area contributed by atoms with Gasteiger partial charge in [0.1, 0.15) is 5.75 Å². The predicted octanol–water partition coefficient (Wildman–Crippen LogP) is 5.66. The molecule has 2 N–H and O–H groups in total. The van der Waals surface area contributed by atoms with Crippen molar-refractivity contribution in [3.63, 3.8) is 0 Å². The van der Waals surface area contributed by atoms with E-state index in [0.29, 0.717) is 11.4 Å². The van der Waals surface area contributed by atoms with Crippen molar-refractivity contribution in [2.24, 2.45) is 5.92 Å². The largest absolute Gasteiger partial charge is 0.496 e. The van der Waals surface area contributed by atoms with Crippen molar-refractivity contribution in [2.45, 2.75) is 56.9 Å². The quantitative estimate of drug-likeness (QED) is 0.240. The van der Waals surface area contributed by atoms with E-state index in [-0.39, 0.29) is 24.7 Å². The zero-order chi connectivity index (χ0) is 28.6. The maximum Gasteiger partial charge on any atom is 0.303 e. The number of aliphatic hydroxyl groups is 1. The van der Waals surface area contributed by atoms with Crippen molar-refractivity contribution in [1.82, 2.24) is 0 Å². The molecular weight excluding hydrogens is 530 g/mol. The van der Waals surface area contributed by atoms with Gasteiger partial charge >= 0.3 is 5.97 Å². The zero-order valence-electron chi connectivity index (χ0n) is 23.0. The van der Waals surface area contributed by atoms with Crippen LogP contribution in [-0.2, 0) is 30.4 Å². The van der Waals surface area contributed by atoms with Gasteiger partial charge in [0.05, 0.1) is 25.9 Å². The van der Waals surface area contributed by atoms with Crippen LogP contribution in [-0.4, -0.2) is 42.1 Å². The molecule has 0 saturated carbocycles. The third kappa shape index (κ3) is 7.42. The number of rotatable bonds is 10. The molecule has 0 unspecified atom stereocenters. The molecule has 1 fully saturated rings. The summed E-state index contributed by atoms with van der Waals surface area (Å²) >= 11 is 1.68. The Kier molecular flexibility index (Phi) is 10.2.